The maximum atomic E-state index is 12.6. The van der Waals surface area contributed by atoms with E-state index in [1.54, 1.807) is 0 Å². The fourth-order valence-corrected chi connectivity index (χ4v) is 2.82. The van der Waals surface area contributed by atoms with Crippen molar-refractivity contribution < 1.29 is 29.4 Å². The second-order valence-corrected chi connectivity index (χ2v) is 7.18. The molecule has 1 fully saturated rings. The molecule has 1 rings (SSSR count). The number of aliphatic carboxylic acids is 1. The first-order valence-electron chi connectivity index (χ1n) is 9.13. The van der Waals surface area contributed by atoms with Crippen molar-refractivity contribution in [2.45, 2.75) is 64.3 Å². The number of rotatable bonds is 10. The Labute approximate surface area is 158 Å². The van der Waals surface area contributed by atoms with Gasteiger partial charge < -0.3 is 31.5 Å². The quantitative estimate of drug-likeness (QED) is 0.262. The fraction of sp³-hybridized carbons (Fsp3) is 0.765. The van der Waals surface area contributed by atoms with Gasteiger partial charge in [0.25, 0.3) is 0 Å². The topological polar surface area (TPSA) is 157 Å². The molecule has 10 heteroatoms. The van der Waals surface area contributed by atoms with Gasteiger partial charge in [0.05, 0.1) is 12.1 Å². The number of aliphatic hydroxyl groups excluding tert-OH is 1. The highest BCUT2D eigenvalue weighted by Gasteiger charge is 2.32. The number of carbonyl (C=O) groups excluding carboxylic acids is 3. The molecule has 1 heterocycles. The van der Waals surface area contributed by atoms with Crippen molar-refractivity contribution >= 4 is 23.7 Å². The van der Waals surface area contributed by atoms with Crippen molar-refractivity contribution in [2.75, 3.05) is 13.1 Å². The van der Waals surface area contributed by atoms with E-state index in [-0.39, 0.29) is 18.2 Å². The van der Waals surface area contributed by atoms with Crippen molar-refractivity contribution in [1.29, 1.82) is 0 Å². The first kappa shape index (κ1) is 22.8. The average molecular weight is 386 g/mol. The summed E-state index contributed by atoms with van der Waals surface area (Å²) >= 11 is 0. The summed E-state index contributed by atoms with van der Waals surface area (Å²) in [7, 11) is 0. The monoisotopic (exact) mass is 386 g/mol. The summed E-state index contributed by atoms with van der Waals surface area (Å²) in [5, 5.41) is 28.9. The normalized spacial score (nSPS) is 19.8. The maximum absolute atomic E-state index is 12.6. The van der Waals surface area contributed by atoms with Crippen molar-refractivity contribution in [3.05, 3.63) is 0 Å². The molecule has 0 bridgehead atoms. The first-order valence-corrected chi connectivity index (χ1v) is 9.13. The lowest BCUT2D eigenvalue weighted by molar-refractivity contribution is -0.139. The molecule has 0 radical (unpaired) electrons. The molecule has 0 aromatic rings. The largest absolute Gasteiger partial charge is 0.480 e. The lowest BCUT2D eigenvalue weighted by Crippen LogP contribution is -2.59. The standard InChI is InChI=1S/C17H30N4O6/c1-9(2)7-12(15(25)19-8-13(23)24)20-17(27)14(10(3)22)21-16(26)11-5-4-6-18-11/h9-12,14,18,22H,4-8H2,1-3H3,(H,19,25)(H,20,27)(H,21,26)(H,23,24). The summed E-state index contributed by atoms with van der Waals surface area (Å²) in [4.78, 5) is 47.6. The molecule has 1 aliphatic heterocycles. The van der Waals surface area contributed by atoms with Crippen LogP contribution in [0.15, 0.2) is 0 Å². The zero-order chi connectivity index (χ0) is 20.6. The van der Waals surface area contributed by atoms with E-state index in [9.17, 15) is 24.3 Å². The Kier molecular flexibility index (Phi) is 9.16. The summed E-state index contributed by atoms with van der Waals surface area (Å²) in [5.41, 5.74) is 0. The van der Waals surface area contributed by atoms with Gasteiger partial charge in [-0.05, 0) is 38.6 Å². The van der Waals surface area contributed by atoms with E-state index >= 15 is 0 Å². The molecule has 4 atom stereocenters. The van der Waals surface area contributed by atoms with Crippen LogP contribution < -0.4 is 21.3 Å². The maximum Gasteiger partial charge on any atom is 0.322 e. The smallest absolute Gasteiger partial charge is 0.322 e. The molecular weight excluding hydrogens is 356 g/mol. The van der Waals surface area contributed by atoms with E-state index < -0.39 is 48.6 Å². The molecule has 10 nitrogen and oxygen atoms in total. The summed E-state index contributed by atoms with van der Waals surface area (Å²) in [6.07, 6.45) is 0.608. The molecule has 27 heavy (non-hydrogen) atoms. The van der Waals surface area contributed by atoms with E-state index in [0.717, 1.165) is 6.42 Å². The number of hydrogen-bond acceptors (Lipinski definition) is 6. The van der Waals surface area contributed by atoms with Gasteiger partial charge in [-0.3, -0.25) is 19.2 Å². The van der Waals surface area contributed by atoms with Crippen LogP contribution in [0.2, 0.25) is 0 Å². The minimum Gasteiger partial charge on any atom is -0.480 e. The number of nitrogens with one attached hydrogen (secondary N) is 4. The van der Waals surface area contributed by atoms with E-state index in [4.69, 9.17) is 5.11 Å². The van der Waals surface area contributed by atoms with E-state index in [1.807, 2.05) is 13.8 Å². The number of aliphatic hydroxyl groups is 1. The van der Waals surface area contributed by atoms with Crippen LogP contribution in [0.1, 0.15) is 40.0 Å². The average Bonchev–Trinajstić information content (AvgIpc) is 3.10. The van der Waals surface area contributed by atoms with Gasteiger partial charge in [-0.25, -0.2) is 0 Å². The van der Waals surface area contributed by atoms with Crippen LogP contribution in [0.4, 0.5) is 0 Å². The summed E-state index contributed by atoms with van der Waals surface area (Å²) in [5.74, 6) is -2.87. The lowest BCUT2D eigenvalue weighted by Gasteiger charge is -2.26. The van der Waals surface area contributed by atoms with E-state index in [1.165, 1.54) is 6.92 Å². The van der Waals surface area contributed by atoms with E-state index in [2.05, 4.69) is 21.3 Å². The molecule has 1 saturated heterocycles. The highest BCUT2D eigenvalue weighted by atomic mass is 16.4. The van der Waals surface area contributed by atoms with Gasteiger partial charge in [0, 0.05) is 0 Å². The second kappa shape index (κ2) is 10.8. The summed E-state index contributed by atoms with van der Waals surface area (Å²) in [6, 6.07) is -2.61. The number of carboxylic acid groups (broad SMARTS) is 1. The zero-order valence-corrected chi connectivity index (χ0v) is 15.9. The molecular formula is C17H30N4O6. The van der Waals surface area contributed by atoms with Crippen LogP contribution in [-0.4, -0.2) is 71.2 Å². The molecule has 154 valence electrons. The Morgan fingerprint density at radius 2 is 1.78 bits per heavy atom. The van der Waals surface area contributed by atoms with Crippen molar-refractivity contribution in [3.8, 4) is 0 Å². The van der Waals surface area contributed by atoms with Gasteiger partial charge in [-0.1, -0.05) is 13.8 Å². The van der Waals surface area contributed by atoms with Gasteiger partial charge in [-0.2, -0.15) is 0 Å². The number of hydrogen-bond donors (Lipinski definition) is 6. The lowest BCUT2D eigenvalue weighted by atomic mass is 10.0. The minimum absolute atomic E-state index is 0.0492. The Bertz CT molecular complexity index is 546. The van der Waals surface area contributed by atoms with Gasteiger partial charge >= 0.3 is 5.97 Å². The number of carbonyl (C=O) groups is 4. The fourth-order valence-electron chi connectivity index (χ4n) is 2.82. The van der Waals surface area contributed by atoms with Gasteiger partial charge in [0.1, 0.15) is 18.6 Å². The van der Waals surface area contributed by atoms with Crippen LogP contribution in [0.25, 0.3) is 0 Å². The third kappa shape index (κ3) is 7.92. The molecule has 4 unspecified atom stereocenters. The third-order valence-electron chi connectivity index (χ3n) is 4.19. The molecule has 0 aromatic carbocycles. The first-order chi connectivity index (χ1) is 12.6. The van der Waals surface area contributed by atoms with E-state index in [0.29, 0.717) is 13.0 Å². The van der Waals surface area contributed by atoms with Crippen LogP contribution in [0.3, 0.4) is 0 Å². The SMILES string of the molecule is CC(C)CC(NC(=O)C(NC(=O)C1CCCN1)C(C)O)C(=O)NCC(=O)O. The van der Waals surface area contributed by atoms with Crippen molar-refractivity contribution in [2.24, 2.45) is 5.92 Å². The third-order valence-corrected chi connectivity index (χ3v) is 4.19. The molecule has 0 aliphatic carbocycles. The van der Waals surface area contributed by atoms with Crippen molar-refractivity contribution in [3.63, 3.8) is 0 Å². The van der Waals surface area contributed by atoms with Crippen molar-refractivity contribution in [1.82, 2.24) is 21.3 Å². The highest BCUT2D eigenvalue weighted by Crippen LogP contribution is 2.08. The highest BCUT2D eigenvalue weighted by molar-refractivity contribution is 5.94. The molecule has 6 N–H and O–H groups in total. The zero-order valence-electron chi connectivity index (χ0n) is 15.9. The molecule has 1 aliphatic rings. The van der Waals surface area contributed by atoms with Gasteiger partial charge in [0.2, 0.25) is 17.7 Å². The minimum atomic E-state index is -1.22. The molecule has 0 aromatic heterocycles. The van der Waals surface area contributed by atoms with Gasteiger partial charge in [0.15, 0.2) is 0 Å². The predicted molar refractivity (Wildman–Crippen MR) is 96.7 cm³/mol. The Morgan fingerprint density at radius 1 is 1.11 bits per heavy atom. The summed E-state index contributed by atoms with van der Waals surface area (Å²) in [6.45, 7) is 5.22. The second-order valence-electron chi connectivity index (χ2n) is 7.18. The summed E-state index contributed by atoms with van der Waals surface area (Å²) < 4.78 is 0. The predicted octanol–water partition coefficient (Wildman–Crippen LogP) is -1.66. The molecule has 3 amide bonds. The Balaban J connectivity index is 2.76. The molecule has 0 spiro atoms. The van der Waals surface area contributed by atoms with Gasteiger partial charge in [-0.15, -0.1) is 0 Å². The van der Waals surface area contributed by atoms with Crippen LogP contribution in [0, 0.1) is 5.92 Å². The van der Waals surface area contributed by atoms with Crippen LogP contribution >= 0.6 is 0 Å². The Hall–Kier alpha value is -2.20. The van der Waals surface area contributed by atoms with Crippen LogP contribution in [-0.2, 0) is 19.2 Å². The number of carboxylic acids is 1. The van der Waals surface area contributed by atoms with Crippen LogP contribution in [0.5, 0.6) is 0 Å². The Morgan fingerprint density at radius 3 is 2.26 bits per heavy atom. The number of amides is 3. The molecule has 0 saturated carbocycles.